The van der Waals surface area contributed by atoms with E-state index in [1.807, 2.05) is 0 Å². The number of carbonyl (C=O) groups is 2. The highest BCUT2D eigenvalue weighted by molar-refractivity contribution is 5.81. The summed E-state index contributed by atoms with van der Waals surface area (Å²) in [5.41, 5.74) is 0. The van der Waals surface area contributed by atoms with Crippen LogP contribution in [0.2, 0.25) is 0 Å². The Balaban J connectivity index is 1.60. The van der Waals surface area contributed by atoms with Gasteiger partial charge in [0.2, 0.25) is 0 Å². The number of amides is 2. The van der Waals surface area contributed by atoms with Gasteiger partial charge in [-0.2, -0.15) is 0 Å². The van der Waals surface area contributed by atoms with Crippen LogP contribution in [0.4, 0.5) is 0 Å². The zero-order valence-electron chi connectivity index (χ0n) is 33.3. The quantitative estimate of drug-likeness (QED) is 0.0310. The van der Waals surface area contributed by atoms with E-state index in [1.165, 1.54) is 0 Å². The van der Waals surface area contributed by atoms with Crippen molar-refractivity contribution in [3.8, 4) is 0 Å². The fourth-order valence-corrected chi connectivity index (χ4v) is 6.64. The van der Waals surface area contributed by atoms with Crippen LogP contribution in [-0.2, 0) is 28.5 Å². The minimum Gasteiger partial charge on any atom is -0.394 e. The normalized spacial score (nSPS) is 31.3. The molecule has 0 radical (unpaired) electrons. The Morgan fingerprint density at radius 1 is 0.467 bits per heavy atom. The molecular weight excluding hydrogens is 812 g/mol. The maximum absolute atomic E-state index is 12.5. The predicted molar refractivity (Wildman–Crippen MR) is 200 cm³/mol. The van der Waals surface area contributed by atoms with Crippen molar-refractivity contribution in [1.29, 1.82) is 0 Å². The topological polar surface area (TPSA) is 419 Å². The molecule has 60 heavy (non-hydrogen) atoms. The molecule has 0 unspecified atom stereocenters. The lowest BCUT2D eigenvalue weighted by Crippen LogP contribution is -2.62. The van der Waals surface area contributed by atoms with E-state index in [9.17, 15) is 91.3 Å². The van der Waals surface area contributed by atoms with Crippen molar-refractivity contribution in [3.05, 3.63) is 0 Å². The van der Waals surface area contributed by atoms with Crippen molar-refractivity contribution in [2.24, 2.45) is 0 Å². The lowest BCUT2D eigenvalue weighted by Gasteiger charge is -2.42. The van der Waals surface area contributed by atoms with Crippen LogP contribution in [0.5, 0.6) is 0 Å². The summed E-state index contributed by atoms with van der Waals surface area (Å²) >= 11 is 0. The Morgan fingerprint density at radius 3 is 1.05 bits per heavy atom. The standard InChI is InChI=1S/C36H68N2O22/c39-13-17(43)31(59-35-29(53)23(47)21(45)19(15-41)57-35)25(49)27(51)33(55)37-11-9-7-5-3-1-2-4-6-8-10-12-38-34(56)28(52)26(50)32(18(44)14-40)60-36-30(54)24(48)22(46)20(16-42)58-36/h17-32,35-36,39-54H,1-16H2,(H,37,55)(H,38,56)/t17-,18-,19-,20-,21-,22-,23+,24+,25-,26-,27-,28-,29-,30-,31-,32-,35-,36-/m1/s1. The van der Waals surface area contributed by atoms with Crippen LogP contribution in [0.25, 0.3) is 0 Å². The summed E-state index contributed by atoms with van der Waals surface area (Å²) in [6.07, 6.45) is -25.4. The van der Waals surface area contributed by atoms with E-state index in [4.69, 9.17) is 18.9 Å². The van der Waals surface area contributed by atoms with Gasteiger partial charge in [0.05, 0.1) is 26.4 Å². The molecule has 24 nitrogen and oxygen atoms in total. The van der Waals surface area contributed by atoms with Gasteiger partial charge < -0.3 is 111 Å². The number of rotatable bonds is 29. The third-order valence-corrected chi connectivity index (χ3v) is 10.5. The van der Waals surface area contributed by atoms with E-state index in [0.29, 0.717) is 12.8 Å². The van der Waals surface area contributed by atoms with Crippen LogP contribution in [0, 0.1) is 0 Å². The third-order valence-electron chi connectivity index (χ3n) is 10.5. The number of hydrogen-bond acceptors (Lipinski definition) is 22. The van der Waals surface area contributed by atoms with Crippen molar-refractivity contribution < 1.29 is 110 Å². The summed E-state index contributed by atoms with van der Waals surface area (Å²) in [7, 11) is 0. The molecule has 2 heterocycles. The second-order valence-electron chi connectivity index (χ2n) is 15.1. The number of nitrogens with one attached hydrogen (secondary N) is 2. The summed E-state index contributed by atoms with van der Waals surface area (Å²) in [5, 5.41) is 165. The van der Waals surface area contributed by atoms with E-state index >= 15 is 0 Å². The van der Waals surface area contributed by atoms with E-state index in [0.717, 1.165) is 51.4 Å². The predicted octanol–water partition coefficient (Wildman–Crippen LogP) is -8.36. The van der Waals surface area contributed by atoms with Crippen molar-refractivity contribution in [2.75, 3.05) is 39.5 Å². The fraction of sp³-hybridized carbons (Fsp3) is 0.944. The summed E-state index contributed by atoms with van der Waals surface area (Å²) in [5.74, 6) is -2.01. The highest BCUT2D eigenvalue weighted by Crippen LogP contribution is 2.27. The molecular formula is C36H68N2O22. The lowest BCUT2D eigenvalue weighted by atomic mass is 9.98. The number of ether oxygens (including phenoxy) is 4. The molecule has 2 amide bonds. The smallest absolute Gasteiger partial charge is 0.251 e. The molecule has 24 heteroatoms. The van der Waals surface area contributed by atoms with E-state index in [1.54, 1.807) is 0 Å². The molecule has 0 saturated carbocycles. The Labute approximate surface area is 346 Å². The number of hydrogen-bond donors (Lipinski definition) is 18. The second kappa shape index (κ2) is 28.0. The van der Waals surface area contributed by atoms with Gasteiger partial charge in [0.1, 0.15) is 85.5 Å². The van der Waals surface area contributed by atoms with Gasteiger partial charge >= 0.3 is 0 Å². The zero-order valence-corrected chi connectivity index (χ0v) is 33.3. The molecule has 2 fully saturated rings. The van der Waals surface area contributed by atoms with Crippen molar-refractivity contribution >= 4 is 11.8 Å². The van der Waals surface area contributed by atoms with Gasteiger partial charge in [0, 0.05) is 13.1 Å². The molecule has 354 valence electrons. The van der Waals surface area contributed by atoms with Gasteiger partial charge in [-0.1, -0.05) is 51.4 Å². The van der Waals surface area contributed by atoms with Crippen LogP contribution < -0.4 is 10.6 Å². The Morgan fingerprint density at radius 2 is 0.767 bits per heavy atom. The molecule has 0 aromatic carbocycles. The monoisotopic (exact) mass is 880 g/mol. The maximum atomic E-state index is 12.5. The molecule has 2 saturated heterocycles. The Kier molecular flexibility index (Phi) is 25.4. The molecule has 2 aliphatic rings. The SMILES string of the molecule is O=C(NCCCCCCCCCCCCNC(=O)[C@H](O)[C@@H](O)[C@H](O[C@H]1O[C@H](CO)[C@@H](O)[C@H](O)[C@H]1O)[C@H](O)CO)[C@H](O)[C@@H](O)[C@H](O[C@H]1O[C@H](CO)[C@@H](O)[C@H](O)[C@H]1O)[C@H](O)CO. The van der Waals surface area contributed by atoms with Crippen molar-refractivity contribution in [3.63, 3.8) is 0 Å². The maximum Gasteiger partial charge on any atom is 0.251 e. The van der Waals surface area contributed by atoms with Gasteiger partial charge in [-0.05, 0) is 12.8 Å². The molecule has 0 spiro atoms. The largest absolute Gasteiger partial charge is 0.394 e. The van der Waals surface area contributed by atoms with Crippen LogP contribution >= 0.6 is 0 Å². The average Bonchev–Trinajstić information content (AvgIpc) is 3.25. The molecule has 18 atom stereocenters. The highest BCUT2D eigenvalue weighted by atomic mass is 16.7. The molecule has 0 aromatic heterocycles. The number of aliphatic hydroxyl groups excluding tert-OH is 16. The van der Waals surface area contributed by atoms with Gasteiger partial charge in [-0.25, -0.2) is 0 Å². The first kappa shape index (κ1) is 54.3. The van der Waals surface area contributed by atoms with Gasteiger partial charge in [-0.15, -0.1) is 0 Å². The van der Waals surface area contributed by atoms with Crippen molar-refractivity contribution in [2.45, 2.75) is 174 Å². The molecule has 18 N–H and O–H groups in total. The summed E-state index contributed by atoms with van der Waals surface area (Å²) in [6.45, 7) is -3.25. The average molecular weight is 881 g/mol. The van der Waals surface area contributed by atoms with Crippen LogP contribution in [0.1, 0.15) is 64.2 Å². The van der Waals surface area contributed by atoms with E-state index in [2.05, 4.69) is 10.6 Å². The van der Waals surface area contributed by atoms with Gasteiger partial charge in [0.15, 0.2) is 24.8 Å². The van der Waals surface area contributed by atoms with Crippen LogP contribution in [0.15, 0.2) is 0 Å². The van der Waals surface area contributed by atoms with E-state index in [-0.39, 0.29) is 13.1 Å². The Hall–Kier alpha value is -1.86. The van der Waals surface area contributed by atoms with Crippen LogP contribution in [0.3, 0.4) is 0 Å². The second-order valence-corrected chi connectivity index (χ2v) is 15.1. The van der Waals surface area contributed by atoms with Crippen molar-refractivity contribution in [1.82, 2.24) is 10.6 Å². The molecule has 2 aliphatic heterocycles. The third kappa shape index (κ3) is 16.0. The minimum absolute atomic E-state index is 0.150. The Bertz CT molecular complexity index is 1110. The number of carbonyl (C=O) groups excluding carboxylic acids is 2. The van der Waals surface area contributed by atoms with E-state index < -0.39 is 148 Å². The molecule has 2 rings (SSSR count). The molecule has 0 aromatic rings. The first-order valence-corrected chi connectivity index (χ1v) is 20.2. The number of unbranched alkanes of at least 4 members (excludes halogenated alkanes) is 9. The number of aliphatic hydroxyl groups is 16. The summed E-state index contributed by atoms with van der Waals surface area (Å²) in [6, 6.07) is 0. The zero-order chi connectivity index (χ0) is 45.1. The summed E-state index contributed by atoms with van der Waals surface area (Å²) in [4.78, 5) is 25.0. The first-order chi connectivity index (χ1) is 28.5. The molecule has 0 aliphatic carbocycles. The van der Waals surface area contributed by atoms with Gasteiger partial charge in [0.25, 0.3) is 11.8 Å². The minimum atomic E-state index is -2.14. The summed E-state index contributed by atoms with van der Waals surface area (Å²) < 4.78 is 21.0. The highest BCUT2D eigenvalue weighted by Gasteiger charge is 2.49. The first-order valence-electron chi connectivity index (χ1n) is 20.2. The van der Waals surface area contributed by atoms with Crippen LogP contribution in [-0.4, -0.2) is 243 Å². The molecule has 0 bridgehead atoms. The fourth-order valence-electron chi connectivity index (χ4n) is 6.64. The van der Waals surface area contributed by atoms with Gasteiger partial charge in [-0.3, -0.25) is 9.59 Å². The lowest BCUT2D eigenvalue weighted by molar-refractivity contribution is -0.326.